The van der Waals surface area contributed by atoms with Gasteiger partial charge in [0.2, 0.25) is 0 Å². The number of benzene rings is 1. The van der Waals surface area contributed by atoms with E-state index in [-0.39, 0.29) is 17.6 Å². The van der Waals surface area contributed by atoms with E-state index in [0.717, 1.165) is 17.4 Å². The maximum Gasteiger partial charge on any atom is 0.264 e. The molecule has 0 fully saturated rings. The van der Waals surface area contributed by atoms with E-state index >= 15 is 0 Å². The van der Waals surface area contributed by atoms with Crippen LogP contribution in [0.1, 0.15) is 38.2 Å². The van der Waals surface area contributed by atoms with E-state index in [0.29, 0.717) is 24.1 Å². The highest BCUT2D eigenvalue weighted by atomic mass is 35.5. The van der Waals surface area contributed by atoms with Crippen LogP contribution in [-0.2, 0) is 19.6 Å². The van der Waals surface area contributed by atoms with Crippen LogP contribution in [0, 0.1) is 0 Å². The number of aromatic nitrogens is 4. The molecule has 136 valence electrons. The average molecular weight is 372 g/mol. The first-order valence-electron chi connectivity index (χ1n) is 8.89. The molecule has 1 aromatic carbocycles. The Labute approximate surface area is 157 Å². The predicted molar refractivity (Wildman–Crippen MR) is 102 cm³/mol. The number of rotatable bonds is 3. The van der Waals surface area contributed by atoms with Crippen LogP contribution >= 0.6 is 11.6 Å². The van der Waals surface area contributed by atoms with Crippen LogP contribution in [-0.4, -0.2) is 30.3 Å². The lowest BCUT2D eigenvalue weighted by Crippen LogP contribution is -2.45. The molecule has 1 aliphatic heterocycles. The second-order valence-corrected chi connectivity index (χ2v) is 7.68. The molecule has 0 aliphatic carbocycles. The molecule has 0 radical (unpaired) electrons. The lowest BCUT2D eigenvalue weighted by molar-refractivity contribution is 0.137. The summed E-state index contributed by atoms with van der Waals surface area (Å²) < 4.78 is 3.62. The Morgan fingerprint density at radius 3 is 2.69 bits per heavy atom. The molecule has 0 amide bonds. The lowest BCUT2D eigenvalue weighted by atomic mass is 10.1. The van der Waals surface area contributed by atoms with Gasteiger partial charge >= 0.3 is 0 Å². The van der Waals surface area contributed by atoms with E-state index in [2.05, 4.69) is 16.9 Å². The SMILES string of the molecule is CC1Cn2c(nc3c(cnn3C(C)C)c2=O)CN1Cc1ccc(Cl)cc1. The lowest BCUT2D eigenvalue weighted by Gasteiger charge is -2.35. The third kappa shape index (κ3) is 2.93. The number of halogens is 1. The monoisotopic (exact) mass is 371 g/mol. The Morgan fingerprint density at radius 2 is 2.00 bits per heavy atom. The van der Waals surface area contributed by atoms with Crippen molar-refractivity contribution >= 4 is 22.6 Å². The summed E-state index contributed by atoms with van der Waals surface area (Å²) in [7, 11) is 0. The fourth-order valence-corrected chi connectivity index (χ4v) is 3.63. The first-order valence-corrected chi connectivity index (χ1v) is 9.27. The van der Waals surface area contributed by atoms with Crippen molar-refractivity contribution in [2.75, 3.05) is 0 Å². The Hall–Kier alpha value is -2.18. The standard InChI is InChI=1S/C19H22ClN5O/c1-12(2)25-18-16(8-21-25)19(26)24-9-13(3)23(11-17(24)22-18)10-14-4-6-15(20)7-5-14/h4-8,12-13H,9-11H2,1-3H3. The Bertz CT molecular complexity index is 1010. The summed E-state index contributed by atoms with van der Waals surface area (Å²) in [5.41, 5.74) is 1.89. The zero-order chi connectivity index (χ0) is 18.4. The van der Waals surface area contributed by atoms with Crippen LogP contribution in [0.3, 0.4) is 0 Å². The van der Waals surface area contributed by atoms with Crippen molar-refractivity contribution in [2.24, 2.45) is 0 Å². The molecule has 1 unspecified atom stereocenters. The molecule has 3 heterocycles. The second-order valence-electron chi connectivity index (χ2n) is 7.24. The topological polar surface area (TPSA) is 56.0 Å². The van der Waals surface area contributed by atoms with Crippen molar-refractivity contribution in [3.05, 3.63) is 57.2 Å². The van der Waals surface area contributed by atoms with Gasteiger partial charge in [-0.25, -0.2) is 9.67 Å². The third-order valence-electron chi connectivity index (χ3n) is 4.99. The van der Waals surface area contributed by atoms with Gasteiger partial charge in [0, 0.05) is 30.2 Å². The van der Waals surface area contributed by atoms with E-state index in [9.17, 15) is 4.79 Å². The zero-order valence-electron chi connectivity index (χ0n) is 15.2. The average Bonchev–Trinajstić information content (AvgIpc) is 3.03. The fraction of sp³-hybridized carbons (Fsp3) is 0.421. The molecule has 3 aromatic rings. The normalized spacial score (nSPS) is 17.8. The highest BCUT2D eigenvalue weighted by Crippen LogP contribution is 2.21. The molecule has 0 spiro atoms. The van der Waals surface area contributed by atoms with Gasteiger partial charge in [0.1, 0.15) is 11.2 Å². The minimum absolute atomic E-state index is 0.00916. The first-order chi connectivity index (χ1) is 12.4. The summed E-state index contributed by atoms with van der Waals surface area (Å²) in [4.78, 5) is 20.0. The maximum absolute atomic E-state index is 12.9. The summed E-state index contributed by atoms with van der Waals surface area (Å²) >= 11 is 5.98. The summed E-state index contributed by atoms with van der Waals surface area (Å²) in [6.07, 6.45) is 1.64. The Balaban J connectivity index is 1.71. The van der Waals surface area contributed by atoms with Gasteiger partial charge in [-0.15, -0.1) is 0 Å². The summed E-state index contributed by atoms with van der Waals surface area (Å²) in [6.45, 7) is 8.30. The van der Waals surface area contributed by atoms with E-state index in [1.807, 2.05) is 42.8 Å². The Morgan fingerprint density at radius 1 is 1.27 bits per heavy atom. The molecular formula is C19H22ClN5O. The number of nitrogens with zero attached hydrogens (tertiary/aromatic N) is 5. The van der Waals surface area contributed by atoms with Gasteiger partial charge in [-0.1, -0.05) is 23.7 Å². The number of hydrogen-bond acceptors (Lipinski definition) is 4. The smallest absolute Gasteiger partial charge is 0.264 e. The van der Waals surface area contributed by atoms with E-state index in [4.69, 9.17) is 16.6 Å². The predicted octanol–water partition coefficient (Wildman–Crippen LogP) is 3.23. The molecular weight excluding hydrogens is 350 g/mol. The number of fused-ring (bicyclic) bond motifs is 2. The molecule has 4 rings (SSSR count). The molecule has 6 nitrogen and oxygen atoms in total. The van der Waals surface area contributed by atoms with Crippen LogP contribution < -0.4 is 5.56 Å². The zero-order valence-corrected chi connectivity index (χ0v) is 15.9. The summed E-state index contributed by atoms with van der Waals surface area (Å²) in [5.74, 6) is 0.803. The van der Waals surface area contributed by atoms with Gasteiger partial charge < -0.3 is 0 Å². The largest absolute Gasteiger partial charge is 0.293 e. The van der Waals surface area contributed by atoms with Gasteiger partial charge in [-0.3, -0.25) is 14.3 Å². The minimum Gasteiger partial charge on any atom is -0.293 e. The molecule has 0 saturated carbocycles. The second kappa shape index (κ2) is 6.52. The van der Waals surface area contributed by atoms with Gasteiger partial charge in [-0.2, -0.15) is 5.10 Å². The van der Waals surface area contributed by atoms with Crippen LogP contribution in [0.5, 0.6) is 0 Å². The van der Waals surface area contributed by atoms with Gasteiger partial charge in [0.25, 0.3) is 5.56 Å². The highest BCUT2D eigenvalue weighted by Gasteiger charge is 2.26. The molecule has 2 aromatic heterocycles. The van der Waals surface area contributed by atoms with E-state index < -0.39 is 0 Å². The van der Waals surface area contributed by atoms with Gasteiger partial charge in [0.15, 0.2) is 5.65 Å². The molecule has 0 saturated heterocycles. The van der Waals surface area contributed by atoms with Crippen LogP contribution in [0.2, 0.25) is 5.02 Å². The van der Waals surface area contributed by atoms with E-state index in [1.54, 1.807) is 10.8 Å². The van der Waals surface area contributed by atoms with Gasteiger partial charge in [-0.05, 0) is 38.5 Å². The molecule has 7 heteroatoms. The van der Waals surface area contributed by atoms with Gasteiger partial charge in [0.05, 0.1) is 12.7 Å². The molecule has 0 N–H and O–H groups in total. The van der Waals surface area contributed by atoms with Crippen molar-refractivity contribution < 1.29 is 0 Å². The summed E-state index contributed by atoms with van der Waals surface area (Å²) in [6, 6.07) is 8.31. The maximum atomic E-state index is 12.9. The van der Waals surface area contributed by atoms with Crippen molar-refractivity contribution in [2.45, 2.75) is 52.5 Å². The molecule has 26 heavy (non-hydrogen) atoms. The molecule has 1 aliphatic rings. The molecule has 0 bridgehead atoms. The van der Waals surface area contributed by atoms with Crippen LogP contribution in [0.15, 0.2) is 35.3 Å². The van der Waals surface area contributed by atoms with Crippen molar-refractivity contribution in [3.8, 4) is 0 Å². The van der Waals surface area contributed by atoms with Crippen LogP contribution in [0.4, 0.5) is 0 Å². The highest BCUT2D eigenvalue weighted by molar-refractivity contribution is 6.30. The molecule has 1 atom stereocenters. The minimum atomic E-state index is 0.00916. The van der Waals surface area contributed by atoms with Crippen molar-refractivity contribution in [1.29, 1.82) is 0 Å². The van der Waals surface area contributed by atoms with Crippen molar-refractivity contribution in [3.63, 3.8) is 0 Å². The number of hydrogen-bond donors (Lipinski definition) is 0. The fourth-order valence-electron chi connectivity index (χ4n) is 3.50. The van der Waals surface area contributed by atoms with Crippen molar-refractivity contribution in [1.82, 2.24) is 24.2 Å². The Kier molecular flexibility index (Phi) is 4.32. The summed E-state index contributed by atoms with van der Waals surface area (Å²) in [5, 5.41) is 5.69. The first kappa shape index (κ1) is 17.2. The third-order valence-corrected chi connectivity index (χ3v) is 5.25. The quantitative estimate of drug-likeness (QED) is 0.709. The van der Waals surface area contributed by atoms with E-state index in [1.165, 1.54) is 5.56 Å². The van der Waals surface area contributed by atoms with Crippen LogP contribution in [0.25, 0.3) is 11.0 Å².